The number of carbonyl (C=O) groups is 3. The number of hydrogen-bond donors (Lipinski definition) is 3. The molecule has 0 fully saturated rings. The van der Waals surface area contributed by atoms with E-state index in [1.807, 2.05) is 36.4 Å². The standard InChI is InChI=1S/C23H27N3O6/c1-26(19(21(28)29)16-18-10-6-3-7-11-18)22(24)25-23(30)32-15-14-31-20(27)13-12-17-8-4-2-5-9-17/h2-11,19H,12-16H2,1H3,(H,28,29)(H2,24,25,30). The number of ether oxygens (including phenoxy) is 2. The fraction of sp³-hybridized carbons (Fsp3) is 0.304. The largest absolute Gasteiger partial charge is 0.480 e. The fourth-order valence-electron chi connectivity index (χ4n) is 2.86. The van der Waals surface area contributed by atoms with Crippen LogP contribution in [0, 0.1) is 5.41 Å². The van der Waals surface area contributed by atoms with Crippen LogP contribution in [0.3, 0.4) is 0 Å². The SMILES string of the molecule is CN(C(=N)NC(=O)OCCOC(=O)CCc1ccccc1)C(Cc1ccccc1)C(=O)O. The number of rotatable bonds is 10. The number of carboxylic acids is 1. The van der Waals surface area contributed by atoms with Gasteiger partial charge in [-0.25, -0.2) is 9.59 Å². The molecule has 0 aliphatic carbocycles. The first kappa shape index (κ1) is 24.4. The predicted octanol–water partition coefficient (Wildman–Crippen LogP) is 2.45. The summed E-state index contributed by atoms with van der Waals surface area (Å²) in [6.07, 6.45) is -0.0156. The van der Waals surface area contributed by atoms with Gasteiger partial charge in [0.25, 0.3) is 0 Å². The van der Waals surface area contributed by atoms with E-state index in [2.05, 4.69) is 5.32 Å². The topological polar surface area (TPSA) is 129 Å². The summed E-state index contributed by atoms with van der Waals surface area (Å²) >= 11 is 0. The van der Waals surface area contributed by atoms with E-state index < -0.39 is 30.0 Å². The van der Waals surface area contributed by atoms with Crippen LogP contribution in [0.4, 0.5) is 4.79 Å². The highest BCUT2D eigenvalue weighted by Gasteiger charge is 2.26. The van der Waals surface area contributed by atoms with E-state index in [9.17, 15) is 19.5 Å². The molecule has 0 radical (unpaired) electrons. The van der Waals surface area contributed by atoms with E-state index in [0.29, 0.717) is 6.42 Å². The first-order chi connectivity index (χ1) is 15.4. The molecule has 170 valence electrons. The number of nitrogens with one attached hydrogen (secondary N) is 2. The molecule has 1 amide bonds. The Morgan fingerprint density at radius 1 is 0.969 bits per heavy atom. The zero-order valence-electron chi connectivity index (χ0n) is 17.8. The molecule has 32 heavy (non-hydrogen) atoms. The zero-order chi connectivity index (χ0) is 23.3. The number of aliphatic carboxylic acids is 1. The molecule has 0 aliphatic heterocycles. The third-order valence-corrected chi connectivity index (χ3v) is 4.64. The molecule has 0 spiro atoms. The van der Waals surface area contributed by atoms with Gasteiger partial charge < -0.3 is 19.5 Å². The minimum Gasteiger partial charge on any atom is -0.480 e. The van der Waals surface area contributed by atoms with Crippen LogP contribution in [0.15, 0.2) is 60.7 Å². The lowest BCUT2D eigenvalue weighted by atomic mass is 10.1. The predicted molar refractivity (Wildman–Crippen MR) is 117 cm³/mol. The van der Waals surface area contributed by atoms with Crippen LogP contribution < -0.4 is 5.32 Å². The van der Waals surface area contributed by atoms with E-state index in [0.717, 1.165) is 16.0 Å². The average molecular weight is 441 g/mol. The zero-order valence-corrected chi connectivity index (χ0v) is 17.8. The maximum Gasteiger partial charge on any atom is 0.414 e. The number of carbonyl (C=O) groups excluding carboxylic acids is 2. The van der Waals surface area contributed by atoms with Gasteiger partial charge in [0.1, 0.15) is 19.3 Å². The maximum atomic E-state index is 11.9. The number of hydrogen-bond acceptors (Lipinski definition) is 6. The highest BCUT2D eigenvalue weighted by atomic mass is 16.6. The number of aryl methyl sites for hydroxylation is 1. The number of amides is 1. The smallest absolute Gasteiger partial charge is 0.414 e. The van der Waals surface area contributed by atoms with Gasteiger partial charge in [-0.3, -0.25) is 15.5 Å². The van der Waals surface area contributed by atoms with E-state index in [-0.39, 0.29) is 26.1 Å². The van der Waals surface area contributed by atoms with Crippen molar-refractivity contribution in [3.05, 3.63) is 71.8 Å². The van der Waals surface area contributed by atoms with Crippen LogP contribution in [-0.4, -0.2) is 60.3 Å². The Labute approximate surface area is 186 Å². The summed E-state index contributed by atoms with van der Waals surface area (Å²) in [7, 11) is 1.40. The number of alkyl carbamates (subject to hydrolysis) is 1. The van der Waals surface area contributed by atoms with Crippen molar-refractivity contribution in [1.29, 1.82) is 5.41 Å². The van der Waals surface area contributed by atoms with Crippen LogP contribution in [-0.2, 0) is 31.9 Å². The number of benzene rings is 2. The molecule has 9 nitrogen and oxygen atoms in total. The molecule has 2 aromatic carbocycles. The lowest BCUT2D eigenvalue weighted by Gasteiger charge is -2.26. The number of likely N-dealkylation sites (N-methyl/N-ethyl adjacent to an activating group) is 1. The molecule has 0 saturated carbocycles. The van der Waals surface area contributed by atoms with Gasteiger partial charge in [-0.15, -0.1) is 0 Å². The van der Waals surface area contributed by atoms with Gasteiger partial charge in [-0.1, -0.05) is 60.7 Å². The molecule has 3 N–H and O–H groups in total. The molecule has 1 atom stereocenters. The summed E-state index contributed by atoms with van der Waals surface area (Å²) < 4.78 is 9.91. The van der Waals surface area contributed by atoms with Crippen LogP contribution in [0.25, 0.3) is 0 Å². The first-order valence-electron chi connectivity index (χ1n) is 10.1. The second-order valence-corrected chi connectivity index (χ2v) is 6.97. The van der Waals surface area contributed by atoms with Crippen LogP contribution >= 0.6 is 0 Å². The quantitative estimate of drug-likeness (QED) is 0.223. The third kappa shape index (κ3) is 8.47. The molecule has 2 rings (SSSR count). The van der Waals surface area contributed by atoms with Gasteiger partial charge in [0.2, 0.25) is 5.96 Å². The van der Waals surface area contributed by atoms with Crippen molar-refractivity contribution in [2.24, 2.45) is 0 Å². The lowest BCUT2D eigenvalue weighted by molar-refractivity contribution is -0.144. The Kier molecular flexibility index (Phi) is 9.70. The summed E-state index contributed by atoms with van der Waals surface area (Å²) in [5, 5.41) is 19.6. The normalized spacial score (nSPS) is 11.2. The van der Waals surface area contributed by atoms with Crippen molar-refractivity contribution in [2.45, 2.75) is 25.3 Å². The molecule has 0 aliphatic rings. The number of carboxylic acid groups (broad SMARTS) is 1. The van der Waals surface area contributed by atoms with Crippen molar-refractivity contribution < 1.29 is 29.0 Å². The molecule has 1 unspecified atom stereocenters. The van der Waals surface area contributed by atoms with Crippen molar-refractivity contribution in [1.82, 2.24) is 10.2 Å². The minimum absolute atomic E-state index is 0.115. The Bertz CT molecular complexity index is 904. The monoisotopic (exact) mass is 441 g/mol. The summed E-state index contributed by atoms with van der Waals surface area (Å²) in [4.78, 5) is 36.4. The maximum absolute atomic E-state index is 11.9. The van der Waals surface area contributed by atoms with E-state index >= 15 is 0 Å². The molecule has 0 bridgehead atoms. The van der Waals surface area contributed by atoms with Crippen molar-refractivity contribution in [3.8, 4) is 0 Å². The van der Waals surface area contributed by atoms with E-state index in [1.165, 1.54) is 7.05 Å². The van der Waals surface area contributed by atoms with Crippen molar-refractivity contribution >= 4 is 24.0 Å². The molecule has 0 heterocycles. The van der Waals surface area contributed by atoms with Crippen LogP contribution in [0.2, 0.25) is 0 Å². The average Bonchev–Trinajstić information content (AvgIpc) is 2.79. The van der Waals surface area contributed by atoms with Gasteiger partial charge in [0, 0.05) is 19.9 Å². The van der Waals surface area contributed by atoms with Gasteiger partial charge >= 0.3 is 18.0 Å². The molecule has 0 aromatic heterocycles. The van der Waals surface area contributed by atoms with Crippen LogP contribution in [0.5, 0.6) is 0 Å². The molecule has 9 heteroatoms. The lowest BCUT2D eigenvalue weighted by Crippen LogP contribution is -2.50. The second-order valence-electron chi connectivity index (χ2n) is 6.97. The molecular formula is C23H27N3O6. The first-order valence-corrected chi connectivity index (χ1v) is 10.1. The Morgan fingerprint density at radius 3 is 2.12 bits per heavy atom. The van der Waals surface area contributed by atoms with Gasteiger partial charge in [-0.05, 0) is 17.5 Å². The Morgan fingerprint density at radius 2 is 1.53 bits per heavy atom. The van der Waals surface area contributed by atoms with Crippen LogP contribution in [0.1, 0.15) is 17.5 Å². The summed E-state index contributed by atoms with van der Waals surface area (Å²) in [6, 6.07) is 17.5. The highest BCUT2D eigenvalue weighted by Crippen LogP contribution is 2.08. The van der Waals surface area contributed by atoms with Gasteiger partial charge in [0.05, 0.1) is 0 Å². The Hall–Kier alpha value is -3.88. The summed E-state index contributed by atoms with van der Waals surface area (Å²) in [5.74, 6) is -1.95. The fourth-order valence-corrected chi connectivity index (χ4v) is 2.86. The number of nitrogens with zero attached hydrogens (tertiary/aromatic N) is 1. The molecule has 0 saturated heterocycles. The van der Waals surface area contributed by atoms with E-state index in [1.54, 1.807) is 24.3 Å². The highest BCUT2D eigenvalue weighted by molar-refractivity contribution is 5.94. The number of esters is 1. The van der Waals surface area contributed by atoms with Gasteiger partial charge in [-0.2, -0.15) is 0 Å². The van der Waals surface area contributed by atoms with Crippen molar-refractivity contribution in [3.63, 3.8) is 0 Å². The molecular weight excluding hydrogens is 414 g/mol. The van der Waals surface area contributed by atoms with Crippen molar-refractivity contribution in [2.75, 3.05) is 20.3 Å². The summed E-state index contributed by atoms with van der Waals surface area (Å²) in [5.41, 5.74) is 1.81. The third-order valence-electron chi connectivity index (χ3n) is 4.64. The van der Waals surface area contributed by atoms with E-state index in [4.69, 9.17) is 14.9 Å². The molecule has 2 aromatic rings. The Balaban J connectivity index is 1.69. The van der Waals surface area contributed by atoms with Gasteiger partial charge in [0.15, 0.2) is 0 Å². The minimum atomic E-state index is -1.13. The second kappa shape index (κ2) is 12.7. The summed E-state index contributed by atoms with van der Waals surface area (Å²) in [6.45, 7) is -0.303. The number of guanidine groups is 1.